The van der Waals surface area contributed by atoms with Gasteiger partial charge in [0.2, 0.25) is 0 Å². The summed E-state index contributed by atoms with van der Waals surface area (Å²) in [5.74, 6) is 2.26. The Morgan fingerprint density at radius 2 is 2.00 bits per heavy atom. The average molecular weight is 174 g/mol. The Balaban J connectivity index is 2.95. The van der Waals surface area contributed by atoms with Crippen LogP contribution in [0.3, 0.4) is 0 Å². The molecule has 0 bridgehead atoms. The van der Waals surface area contributed by atoms with E-state index in [-0.39, 0.29) is 0 Å². The number of ketones is 1. The van der Waals surface area contributed by atoms with E-state index in [4.69, 9.17) is 0 Å². The Morgan fingerprint density at radius 3 is 2.55 bits per heavy atom. The van der Waals surface area contributed by atoms with Gasteiger partial charge < -0.3 is 0 Å². The zero-order valence-corrected chi connectivity index (χ0v) is 8.38. The second-order valence-corrected chi connectivity index (χ2v) is 3.76. The molecule has 0 unspecified atom stereocenters. The summed E-state index contributed by atoms with van der Waals surface area (Å²) in [5, 5.41) is 0. The maximum atomic E-state index is 10.8. The molecule has 0 aromatic carbocycles. The highest BCUT2D eigenvalue weighted by atomic mass is 32.2. The third-order valence-electron chi connectivity index (χ3n) is 1.55. The van der Waals surface area contributed by atoms with Gasteiger partial charge in [0.15, 0.2) is 0 Å². The van der Waals surface area contributed by atoms with Crippen LogP contribution >= 0.6 is 11.8 Å². The number of thioether (sulfide) groups is 1. The molecule has 2 heteroatoms. The van der Waals surface area contributed by atoms with Crippen molar-refractivity contribution in [1.82, 2.24) is 0 Å². The predicted octanol–water partition coefficient (Wildman–Crippen LogP) is 2.89. The summed E-state index contributed by atoms with van der Waals surface area (Å²) < 4.78 is 0. The molecule has 0 aliphatic heterocycles. The fourth-order valence-electron chi connectivity index (χ4n) is 0.742. The van der Waals surface area contributed by atoms with E-state index in [0.717, 1.165) is 11.5 Å². The summed E-state index contributed by atoms with van der Waals surface area (Å²) >= 11 is 1.78. The van der Waals surface area contributed by atoms with Crippen molar-refractivity contribution in [2.45, 2.75) is 39.5 Å². The van der Waals surface area contributed by atoms with Gasteiger partial charge in [-0.2, -0.15) is 11.8 Å². The molecule has 0 aliphatic rings. The van der Waals surface area contributed by atoms with Crippen molar-refractivity contribution in [3.63, 3.8) is 0 Å². The van der Waals surface area contributed by atoms with Crippen molar-refractivity contribution >= 4 is 17.5 Å². The van der Waals surface area contributed by atoms with Gasteiger partial charge in [0, 0.05) is 6.42 Å². The van der Waals surface area contributed by atoms with E-state index in [0.29, 0.717) is 12.2 Å². The maximum Gasteiger partial charge on any atom is 0.142 e. The summed E-state index contributed by atoms with van der Waals surface area (Å²) in [6.45, 7) is 4.12. The number of carbonyl (C=O) groups is 1. The predicted molar refractivity (Wildman–Crippen MR) is 52.1 cm³/mol. The van der Waals surface area contributed by atoms with Gasteiger partial charge in [-0.3, -0.25) is 4.79 Å². The molecule has 0 saturated heterocycles. The summed E-state index contributed by atoms with van der Waals surface area (Å²) in [6, 6.07) is 0. The minimum Gasteiger partial charge on any atom is -0.299 e. The molecule has 0 aromatic rings. The summed E-state index contributed by atoms with van der Waals surface area (Å²) in [4.78, 5) is 10.8. The summed E-state index contributed by atoms with van der Waals surface area (Å²) in [7, 11) is 0. The van der Waals surface area contributed by atoms with Crippen molar-refractivity contribution in [3.8, 4) is 0 Å². The third kappa shape index (κ3) is 7.92. The van der Waals surface area contributed by atoms with Crippen LogP contribution < -0.4 is 0 Å². The Morgan fingerprint density at radius 1 is 1.27 bits per heavy atom. The molecule has 66 valence electrons. The van der Waals surface area contributed by atoms with Gasteiger partial charge in [0.1, 0.15) is 5.78 Å². The van der Waals surface area contributed by atoms with E-state index < -0.39 is 0 Å². The molecule has 0 aliphatic carbocycles. The van der Waals surface area contributed by atoms with Crippen LogP contribution in [0.1, 0.15) is 39.5 Å². The van der Waals surface area contributed by atoms with Crippen LogP contribution in [-0.4, -0.2) is 17.3 Å². The minimum atomic E-state index is 0.381. The van der Waals surface area contributed by atoms with Crippen molar-refractivity contribution in [1.29, 1.82) is 0 Å². The summed E-state index contributed by atoms with van der Waals surface area (Å²) in [6.07, 6.45) is 4.52. The first-order valence-electron chi connectivity index (χ1n) is 4.40. The highest BCUT2D eigenvalue weighted by Gasteiger charge is 1.96. The third-order valence-corrected chi connectivity index (χ3v) is 2.65. The summed E-state index contributed by atoms with van der Waals surface area (Å²) in [5.41, 5.74) is 0. The average Bonchev–Trinajstić information content (AvgIpc) is 2.04. The molecule has 1 nitrogen and oxygen atoms in total. The number of hydrogen-bond acceptors (Lipinski definition) is 2. The van der Waals surface area contributed by atoms with Crippen molar-refractivity contribution < 1.29 is 4.79 Å². The Bertz CT molecular complexity index is 102. The molecular formula is C9H18OS. The minimum absolute atomic E-state index is 0.381. The van der Waals surface area contributed by atoms with Crippen LogP contribution in [0.15, 0.2) is 0 Å². The SMILES string of the molecule is CCCCCSCC(=O)CC. The highest BCUT2D eigenvalue weighted by Crippen LogP contribution is 2.06. The lowest BCUT2D eigenvalue weighted by atomic mass is 10.3. The van der Waals surface area contributed by atoms with Crippen LogP contribution in [-0.2, 0) is 4.79 Å². The van der Waals surface area contributed by atoms with Gasteiger partial charge in [-0.05, 0) is 12.2 Å². The fourth-order valence-corrected chi connectivity index (χ4v) is 1.73. The lowest BCUT2D eigenvalue weighted by Crippen LogP contribution is -1.98. The Labute approximate surface area is 73.9 Å². The van der Waals surface area contributed by atoms with Crippen LogP contribution in [0.25, 0.3) is 0 Å². The van der Waals surface area contributed by atoms with E-state index >= 15 is 0 Å². The molecule has 0 aromatic heterocycles. The van der Waals surface area contributed by atoms with Crippen LogP contribution in [0.5, 0.6) is 0 Å². The molecule has 11 heavy (non-hydrogen) atoms. The second kappa shape index (κ2) is 8.12. The largest absolute Gasteiger partial charge is 0.299 e. The number of unbranched alkanes of at least 4 members (excludes halogenated alkanes) is 2. The number of rotatable bonds is 7. The number of Topliss-reactive ketones (excluding diaryl/α,β-unsaturated/α-hetero) is 1. The molecule has 0 heterocycles. The lowest BCUT2D eigenvalue weighted by molar-refractivity contribution is -0.116. The molecule has 0 amide bonds. The highest BCUT2D eigenvalue weighted by molar-refractivity contribution is 7.99. The van der Waals surface area contributed by atoms with E-state index in [1.54, 1.807) is 11.8 Å². The lowest BCUT2D eigenvalue weighted by Gasteiger charge is -1.97. The van der Waals surface area contributed by atoms with Crippen molar-refractivity contribution in [3.05, 3.63) is 0 Å². The molecule has 0 radical (unpaired) electrons. The van der Waals surface area contributed by atoms with Gasteiger partial charge in [-0.15, -0.1) is 0 Å². The quantitative estimate of drug-likeness (QED) is 0.552. The zero-order valence-electron chi connectivity index (χ0n) is 7.56. The van der Waals surface area contributed by atoms with Crippen molar-refractivity contribution in [2.24, 2.45) is 0 Å². The van der Waals surface area contributed by atoms with E-state index in [2.05, 4.69) is 6.92 Å². The first-order chi connectivity index (χ1) is 5.31. The number of carbonyl (C=O) groups excluding carboxylic acids is 1. The zero-order chi connectivity index (χ0) is 8.53. The Hall–Kier alpha value is 0.0200. The molecular weight excluding hydrogens is 156 g/mol. The molecule has 0 N–H and O–H groups in total. The van der Waals surface area contributed by atoms with Gasteiger partial charge >= 0.3 is 0 Å². The molecule has 0 atom stereocenters. The molecule has 0 spiro atoms. The first-order valence-corrected chi connectivity index (χ1v) is 5.56. The standard InChI is InChI=1S/C9H18OS/c1-3-5-6-7-11-8-9(10)4-2/h3-8H2,1-2H3. The van der Waals surface area contributed by atoms with Gasteiger partial charge in [-0.25, -0.2) is 0 Å². The Kier molecular flexibility index (Phi) is 8.13. The molecule has 0 saturated carbocycles. The van der Waals surface area contributed by atoms with Crippen LogP contribution in [0.2, 0.25) is 0 Å². The van der Waals surface area contributed by atoms with Gasteiger partial charge in [-0.1, -0.05) is 26.7 Å². The fraction of sp³-hybridized carbons (Fsp3) is 0.889. The van der Waals surface area contributed by atoms with Crippen LogP contribution in [0.4, 0.5) is 0 Å². The first kappa shape index (κ1) is 11.0. The molecule has 0 fully saturated rings. The normalized spacial score (nSPS) is 10.0. The van der Waals surface area contributed by atoms with Crippen LogP contribution in [0, 0.1) is 0 Å². The van der Waals surface area contributed by atoms with Crippen molar-refractivity contribution in [2.75, 3.05) is 11.5 Å². The second-order valence-electron chi connectivity index (χ2n) is 2.65. The topological polar surface area (TPSA) is 17.1 Å². The molecule has 0 rings (SSSR count). The van der Waals surface area contributed by atoms with E-state index in [1.165, 1.54) is 19.3 Å². The smallest absolute Gasteiger partial charge is 0.142 e. The van der Waals surface area contributed by atoms with Gasteiger partial charge in [0.25, 0.3) is 0 Å². The monoisotopic (exact) mass is 174 g/mol. The van der Waals surface area contributed by atoms with E-state index in [9.17, 15) is 4.79 Å². The number of hydrogen-bond donors (Lipinski definition) is 0. The maximum absolute atomic E-state index is 10.8. The van der Waals surface area contributed by atoms with Gasteiger partial charge in [0.05, 0.1) is 5.75 Å². The van der Waals surface area contributed by atoms with E-state index in [1.807, 2.05) is 6.92 Å².